The summed E-state index contributed by atoms with van der Waals surface area (Å²) in [4.78, 5) is 0.265. The number of ether oxygens (including phenoxy) is 1. The van der Waals surface area contributed by atoms with Crippen molar-refractivity contribution in [3.05, 3.63) is 23.3 Å². The van der Waals surface area contributed by atoms with Crippen LogP contribution >= 0.6 is 11.8 Å². The van der Waals surface area contributed by atoms with E-state index in [1.165, 1.54) is 12.7 Å². The molecule has 130 valence electrons. The van der Waals surface area contributed by atoms with Crippen molar-refractivity contribution in [2.75, 3.05) is 19.4 Å². The minimum absolute atomic E-state index is 0.134. The predicted molar refractivity (Wildman–Crippen MR) is 97.0 cm³/mol. The Bertz CT molecular complexity index is 649. The van der Waals surface area contributed by atoms with Crippen molar-refractivity contribution >= 4 is 21.8 Å². The molecule has 0 radical (unpaired) electrons. The van der Waals surface area contributed by atoms with E-state index in [2.05, 4.69) is 25.5 Å². The zero-order valence-corrected chi connectivity index (χ0v) is 16.1. The topological polar surface area (TPSA) is 55.4 Å². The van der Waals surface area contributed by atoms with Crippen LogP contribution < -0.4 is 9.46 Å². The number of rotatable bonds is 6. The normalized spacial score (nSPS) is 15.3. The van der Waals surface area contributed by atoms with E-state index < -0.39 is 10.0 Å². The summed E-state index contributed by atoms with van der Waals surface area (Å²) < 4.78 is 33.4. The first-order valence-corrected chi connectivity index (χ1v) is 10.5. The monoisotopic (exact) mass is 357 g/mol. The molecule has 1 aromatic carbocycles. The summed E-state index contributed by atoms with van der Waals surface area (Å²) >= 11 is 1.74. The number of fused-ring (bicyclic) bond motifs is 1. The second-order valence-electron chi connectivity index (χ2n) is 6.84. The molecule has 0 heterocycles. The van der Waals surface area contributed by atoms with E-state index in [9.17, 15) is 8.42 Å². The van der Waals surface area contributed by atoms with Gasteiger partial charge in [0.1, 0.15) is 10.6 Å². The zero-order chi connectivity index (χ0) is 17.1. The Balaban J connectivity index is 2.15. The summed E-state index contributed by atoms with van der Waals surface area (Å²) in [5.41, 5.74) is 2.36. The summed E-state index contributed by atoms with van der Waals surface area (Å²) in [6.45, 7) is 6.79. The van der Waals surface area contributed by atoms with Gasteiger partial charge in [-0.3, -0.25) is 0 Å². The van der Waals surface area contributed by atoms with Gasteiger partial charge < -0.3 is 4.74 Å². The molecule has 23 heavy (non-hydrogen) atoms. The number of thioether (sulfide) groups is 1. The largest absolute Gasteiger partial charge is 0.495 e. The summed E-state index contributed by atoms with van der Waals surface area (Å²) in [6, 6.07) is 3.69. The van der Waals surface area contributed by atoms with Gasteiger partial charge in [-0.1, -0.05) is 20.8 Å². The molecule has 0 unspecified atom stereocenters. The average molecular weight is 358 g/mol. The lowest BCUT2D eigenvalue weighted by atomic mass is 9.92. The van der Waals surface area contributed by atoms with E-state index >= 15 is 0 Å². The smallest absolute Gasteiger partial charge is 0.244 e. The van der Waals surface area contributed by atoms with Gasteiger partial charge in [0.2, 0.25) is 10.0 Å². The van der Waals surface area contributed by atoms with E-state index in [1.54, 1.807) is 17.8 Å². The molecule has 0 fully saturated rings. The SMILES string of the molecule is COc1cc2c(cc1S(=O)(=O)NCCSC(C)(C)C)CCCC2. The van der Waals surface area contributed by atoms with Crippen LogP contribution in [-0.2, 0) is 22.9 Å². The molecule has 0 saturated carbocycles. The van der Waals surface area contributed by atoms with E-state index in [1.807, 2.05) is 6.07 Å². The predicted octanol–water partition coefficient (Wildman–Crippen LogP) is 3.38. The fourth-order valence-electron chi connectivity index (χ4n) is 2.72. The van der Waals surface area contributed by atoms with Gasteiger partial charge in [-0.2, -0.15) is 11.8 Å². The van der Waals surface area contributed by atoms with Crippen LogP contribution in [0.5, 0.6) is 5.75 Å². The molecule has 0 spiro atoms. The van der Waals surface area contributed by atoms with E-state index in [4.69, 9.17) is 4.74 Å². The van der Waals surface area contributed by atoms with Gasteiger partial charge in [0.15, 0.2) is 0 Å². The van der Waals surface area contributed by atoms with Crippen molar-refractivity contribution in [3.63, 3.8) is 0 Å². The van der Waals surface area contributed by atoms with Crippen LogP contribution in [0.1, 0.15) is 44.7 Å². The Morgan fingerprint density at radius 3 is 2.35 bits per heavy atom. The Hall–Kier alpha value is -0.720. The van der Waals surface area contributed by atoms with Crippen LogP contribution in [0.4, 0.5) is 0 Å². The Morgan fingerprint density at radius 2 is 1.78 bits per heavy atom. The second-order valence-corrected chi connectivity index (χ2v) is 10.5. The molecule has 1 N–H and O–H groups in total. The van der Waals surface area contributed by atoms with Gasteiger partial charge in [-0.15, -0.1) is 0 Å². The van der Waals surface area contributed by atoms with Crippen LogP contribution in [-0.4, -0.2) is 32.6 Å². The lowest BCUT2D eigenvalue weighted by Gasteiger charge is -2.20. The summed E-state index contributed by atoms with van der Waals surface area (Å²) in [5.74, 6) is 1.19. The third kappa shape index (κ3) is 5.13. The fraction of sp³-hybridized carbons (Fsp3) is 0.647. The number of hydrogen-bond donors (Lipinski definition) is 1. The quantitative estimate of drug-likeness (QED) is 0.793. The van der Waals surface area contributed by atoms with E-state index in [0.717, 1.165) is 37.0 Å². The first-order valence-electron chi connectivity index (χ1n) is 8.06. The van der Waals surface area contributed by atoms with Gasteiger partial charge in [0.25, 0.3) is 0 Å². The lowest BCUT2D eigenvalue weighted by molar-refractivity contribution is 0.401. The summed E-state index contributed by atoms with van der Waals surface area (Å²) in [6.07, 6.45) is 4.22. The van der Waals surface area contributed by atoms with Crippen molar-refractivity contribution < 1.29 is 13.2 Å². The second kappa shape index (κ2) is 7.45. The summed E-state index contributed by atoms with van der Waals surface area (Å²) in [5, 5.41) is 0. The molecular weight excluding hydrogens is 330 g/mol. The van der Waals surface area contributed by atoms with Crippen molar-refractivity contribution in [2.24, 2.45) is 0 Å². The molecule has 4 nitrogen and oxygen atoms in total. The highest BCUT2D eigenvalue weighted by Crippen LogP contribution is 2.32. The van der Waals surface area contributed by atoms with Crippen molar-refractivity contribution in [1.82, 2.24) is 4.72 Å². The standard InChI is InChI=1S/C17H27NO3S2/c1-17(2,3)22-10-9-18-23(19,20)16-12-14-8-6-5-7-13(14)11-15(16)21-4/h11-12,18H,5-10H2,1-4H3. The fourth-order valence-corrected chi connectivity index (χ4v) is 4.90. The third-order valence-electron chi connectivity index (χ3n) is 3.85. The molecule has 0 atom stereocenters. The van der Waals surface area contributed by atoms with E-state index in [0.29, 0.717) is 12.3 Å². The van der Waals surface area contributed by atoms with Gasteiger partial charge in [0.05, 0.1) is 7.11 Å². The average Bonchev–Trinajstić information content (AvgIpc) is 2.49. The third-order valence-corrected chi connectivity index (χ3v) is 6.60. The number of hydrogen-bond acceptors (Lipinski definition) is 4. The maximum Gasteiger partial charge on any atom is 0.244 e. The minimum Gasteiger partial charge on any atom is -0.495 e. The number of sulfonamides is 1. The molecule has 1 aliphatic carbocycles. The molecule has 6 heteroatoms. The maximum atomic E-state index is 12.6. The Morgan fingerprint density at radius 1 is 1.17 bits per heavy atom. The minimum atomic E-state index is -3.54. The highest BCUT2D eigenvalue weighted by molar-refractivity contribution is 8.00. The van der Waals surface area contributed by atoms with Crippen molar-refractivity contribution in [2.45, 2.75) is 56.1 Å². The first kappa shape index (κ1) is 18.6. The number of aryl methyl sites for hydroxylation is 2. The van der Waals surface area contributed by atoms with Crippen LogP contribution in [0.2, 0.25) is 0 Å². The van der Waals surface area contributed by atoms with Gasteiger partial charge in [0, 0.05) is 17.0 Å². The van der Waals surface area contributed by atoms with Crippen LogP contribution in [0.25, 0.3) is 0 Å². The molecule has 1 aromatic rings. The van der Waals surface area contributed by atoms with Crippen LogP contribution in [0.3, 0.4) is 0 Å². The molecule has 0 amide bonds. The molecule has 0 aromatic heterocycles. The highest BCUT2D eigenvalue weighted by atomic mass is 32.2. The van der Waals surface area contributed by atoms with Crippen molar-refractivity contribution in [1.29, 1.82) is 0 Å². The number of methoxy groups -OCH3 is 1. The molecule has 1 aliphatic rings. The number of benzene rings is 1. The van der Waals surface area contributed by atoms with Crippen LogP contribution in [0, 0.1) is 0 Å². The number of nitrogens with one attached hydrogen (secondary N) is 1. The Labute approximate surface area is 144 Å². The van der Waals surface area contributed by atoms with Crippen molar-refractivity contribution in [3.8, 4) is 5.75 Å². The summed E-state index contributed by atoms with van der Waals surface area (Å²) in [7, 11) is -2.02. The van der Waals surface area contributed by atoms with Gasteiger partial charge >= 0.3 is 0 Å². The maximum absolute atomic E-state index is 12.6. The van der Waals surface area contributed by atoms with Gasteiger partial charge in [-0.05, 0) is 48.9 Å². The molecule has 2 rings (SSSR count). The Kier molecular flexibility index (Phi) is 6.03. The molecular formula is C17H27NO3S2. The van der Waals surface area contributed by atoms with Gasteiger partial charge in [-0.25, -0.2) is 13.1 Å². The molecule has 0 aliphatic heterocycles. The molecule has 0 bridgehead atoms. The first-order chi connectivity index (χ1) is 10.7. The molecule has 0 saturated heterocycles. The highest BCUT2D eigenvalue weighted by Gasteiger charge is 2.23. The van der Waals surface area contributed by atoms with Crippen LogP contribution in [0.15, 0.2) is 17.0 Å². The lowest BCUT2D eigenvalue weighted by Crippen LogP contribution is -2.28. The zero-order valence-electron chi connectivity index (χ0n) is 14.4. The van der Waals surface area contributed by atoms with E-state index in [-0.39, 0.29) is 9.64 Å².